The Balaban J connectivity index is 1.36. The lowest BCUT2D eigenvalue weighted by atomic mass is 9.83. The maximum atomic E-state index is 12.4. The summed E-state index contributed by atoms with van der Waals surface area (Å²) in [5, 5.41) is 6.16. The zero-order valence-corrected chi connectivity index (χ0v) is 15.4. The lowest BCUT2D eigenvalue weighted by molar-refractivity contribution is -0.128. The van der Waals surface area contributed by atoms with Crippen molar-refractivity contribution in [2.24, 2.45) is 11.7 Å². The Hall–Kier alpha value is -1.73. The van der Waals surface area contributed by atoms with Crippen molar-refractivity contribution in [1.82, 2.24) is 20.2 Å². The van der Waals surface area contributed by atoms with Gasteiger partial charge in [-0.2, -0.15) is 0 Å². The van der Waals surface area contributed by atoms with E-state index in [1.807, 2.05) is 12.5 Å². The molecule has 2 atom stereocenters. The predicted octanol–water partition coefficient (Wildman–Crippen LogP) is 1.16. The number of Topliss-reactive ketones (excluding diaryl/α,β-unsaturated/α-hetero) is 1. The van der Waals surface area contributed by atoms with Crippen LogP contribution in [0.1, 0.15) is 57.4 Å². The second-order valence-electron chi connectivity index (χ2n) is 7.69. The zero-order valence-electron chi connectivity index (χ0n) is 15.4. The van der Waals surface area contributed by atoms with Crippen molar-refractivity contribution in [1.29, 1.82) is 0 Å². The van der Waals surface area contributed by atoms with E-state index in [9.17, 15) is 9.59 Å². The molecule has 1 aliphatic heterocycles. The zero-order chi connectivity index (χ0) is 18.4. The molecule has 1 aromatic rings. The molecular formula is C19H31N5O2. The van der Waals surface area contributed by atoms with Crippen LogP contribution in [0, 0.1) is 5.92 Å². The van der Waals surface area contributed by atoms with Gasteiger partial charge in [-0.25, -0.2) is 4.98 Å². The van der Waals surface area contributed by atoms with Crippen molar-refractivity contribution < 1.29 is 9.59 Å². The number of hydrogen-bond acceptors (Lipinski definition) is 5. The van der Waals surface area contributed by atoms with E-state index in [0.29, 0.717) is 18.5 Å². The Morgan fingerprint density at radius 2 is 2.04 bits per heavy atom. The summed E-state index contributed by atoms with van der Waals surface area (Å²) in [5.41, 5.74) is 6.01. The summed E-state index contributed by atoms with van der Waals surface area (Å²) in [7, 11) is 0. The number of carbonyl (C=O) groups is 2. The lowest BCUT2D eigenvalue weighted by Crippen LogP contribution is -2.48. The molecule has 1 aliphatic carbocycles. The number of nitrogens with one attached hydrogen (secondary N) is 2. The SMILES string of the molecule is N[C@@H](CC1CCCCN1)C(=O)NCC(=O)C1CCC(n2ccnc2)CC1. The fourth-order valence-electron chi connectivity index (χ4n) is 4.17. The van der Waals surface area contributed by atoms with Gasteiger partial charge in [-0.3, -0.25) is 9.59 Å². The van der Waals surface area contributed by atoms with Crippen molar-refractivity contribution in [3.8, 4) is 0 Å². The number of nitrogens with zero attached hydrogens (tertiary/aromatic N) is 2. The van der Waals surface area contributed by atoms with E-state index in [2.05, 4.69) is 20.2 Å². The van der Waals surface area contributed by atoms with Crippen LogP contribution in [-0.2, 0) is 9.59 Å². The summed E-state index contributed by atoms with van der Waals surface area (Å²) in [6, 6.07) is 0.210. The standard InChI is InChI=1S/C19H31N5O2/c20-17(11-15-3-1-2-8-22-15)19(26)23-12-18(25)14-4-6-16(7-5-14)24-10-9-21-13-24/h9-10,13-17,22H,1-8,11-12,20H2,(H,23,26)/t14?,15?,16?,17-/m0/s1. The molecule has 0 aromatic carbocycles. The number of piperidine rings is 1. The van der Waals surface area contributed by atoms with Crippen LogP contribution in [-0.4, -0.2) is 46.4 Å². The third-order valence-electron chi connectivity index (χ3n) is 5.82. The molecule has 1 saturated heterocycles. The lowest BCUT2D eigenvalue weighted by Gasteiger charge is -2.28. The summed E-state index contributed by atoms with van der Waals surface area (Å²) in [6.45, 7) is 1.10. The Labute approximate surface area is 155 Å². The smallest absolute Gasteiger partial charge is 0.237 e. The normalized spacial score (nSPS) is 27.7. The van der Waals surface area contributed by atoms with Crippen LogP contribution in [0.3, 0.4) is 0 Å². The van der Waals surface area contributed by atoms with E-state index in [4.69, 9.17) is 5.73 Å². The molecule has 1 aromatic heterocycles. The van der Waals surface area contributed by atoms with Gasteiger partial charge in [-0.1, -0.05) is 6.42 Å². The predicted molar refractivity (Wildman–Crippen MR) is 99.5 cm³/mol. The molecule has 144 valence electrons. The van der Waals surface area contributed by atoms with Crippen LogP contribution < -0.4 is 16.4 Å². The van der Waals surface area contributed by atoms with Gasteiger partial charge in [0.05, 0.1) is 18.9 Å². The molecule has 1 unspecified atom stereocenters. The van der Waals surface area contributed by atoms with Gasteiger partial charge in [0, 0.05) is 30.4 Å². The maximum Gasteiger partial charge on any atom is 0.237 e. The van der Waals surface area contributed by atoms with Gasteiger partial charge < -0.3 is 20.9 Å². The van der Waals surface area contributed by atoms with Crippen molar-refractivity contribution in [3.63, 3.8) is 0 Å². The minimum Gasteiger partial charge on any atom is -0.348 e. The minimum absolute atomic E-state index is 0.0475. The number of hydrogen-bond donors (Lipinski definition) is 3. The second-order valence-corrected chi connectivity index (χ2v) is 7.69. The first-order valence-corrected chi connectivity index (χ1v) is 9.90. The molecule has 3 rings (SSSR count). The number of ketones is 1. The van der Waals surface area contributed by atoms with E-state index >= 15 is 0 Å². The van der Waals surface area contributed by atoms with E-state index in [1.54, 1.807) is 6.20 Å². The van der Waals surface area contributed by atoms with Gasteiger partial charge in [-0.05, 0) is 51.5 Å². The molecular weight excluding hydrogens is 330 g/mol. The molecule has 1 amide bonds. The summed E-state index contributed by atoms with van der Waals surface area (Å²) >= 11 is 0. The van der Waals surface area contributed by atoms with Crippen molar-refractivity contribution in [2.75, 3.05) is 13.1 Å². The van der Waals surface area contributed by atoms with Gasteiger partial charge >= 0.3 is 0 Å². The molecule has 0 spiro atoms. The average Bonchev–Trinajstić information content (AvgIpc) is 3.21. The molecule has 2 fully saturated rings. The van der Waals surface area contributed by atoms with E-state index < -0.39 is 6.04 Å². The largest absolute Gasteiger partial charge is 0.348 e. The average molecular weight is 361 g/mol. The fraction of sp³-hybridized carbons (Fsp3) is 0.737. The molecule has 7 heteroatoms. The van der Waals surface area contributed by atoms with Crippen LogP contribution in [0.2, 0.25) is 0 Å². The molecule has 1 saturated carbocycles. The number of amides is 1. The molecule has 2 heterocycles. The highest BCUT2D eigenvalue weighted by atomic mass is 16.2. The van der Waals surface area contributed by atoms with Gasteiger partial charge in [0.25, 0.3) is 0 Å². The first-order valence-electron chi connectivity index (χ1n) is 9.90. The number of carbonyl (C=O) groups excluding carboxylic acids is 2. The summed E-state index contributed by atoms with van der Waals surface area (Å²) in [4.78, 5) is 28.7. The first kappa shape index (κ1) is 19.0. The van der Waals surface area contributed by atoms with Gasteiger partial charge in [-0.15, -0.1) is 0 Å². The quantitative estimate of drug-likeness (QED) is 0.676. The van der Waals surface area contributed by atoms with Crippen LogP contribution in [0.15, 0.2) is 18.7 Å². The minimum atomic E-state index is -0.546. The molecule has 26 heavy (non-hydrogen) atoms. The monoisotopic (exact) mass is 361 g/mol. The number of nitrogens with two attached hydrogens (primary N) is 1. The maximum absolute atomic E-state index is 12.4. The Bertz CT molecular complexity index is 575. The topological polar surface area (TPSA) is 102 Å². The van der Waals surface area contributed by atoms with E-state index in [0.717, 1.165) is 38.6 Å². The Morgan fingerprint density at radius 3 is 2.69 bits per heavy atom. The van der Waals surface area contributed by atoms with Gasteiger partial charge in [0.2, 0.25) is 5.91 Å². The first-order chi connectivity index (χ1) is 12.6. The van der Waals surface area contributed by atoms with Crippen molar-refractivity contribution in [2.45, 2.75) is 69.5 Å². The van der Waals surface area contributed by atoms with Crippen LogP contribution >= 0.6 is 0 Å². The molecule has 4 N–H and O–H groups in total. The van der Waals surface area contributed by atoms with Crippen LogP contribution in [0.5, 0.6) is 0 Å². The van der Waals surface area contributed by atoms with Crippen LogP contribution in [0.4, 0.5) is 0 Å². The molecule has 0 radical (unpaired) electrons. The molecule has 7 nitrogen and oxygen atoms in total. The summed E-state index contributed by atoms with van der Waals surface area (Å²) < 4.78 is 2.13. The number of aromatic nitrogens is 2. The van der Waals surface area contributed by atoms with E-state index in [1.165, 1.54) is 12.8 Å². The Kier molecular flexibility index (Phi) is 6.80. The second kappa shape index (κ2) is 9.28. The van der Waals surface area contributed by atoms with Crippen molar-refractivity contribution >= 4 is 11.7 Å². The third-order valence-corrected chi connectivity index (χ3v) is 5.82. The molecule has 2 aliphatic rings. The third kappa shape index (κ3) is 5.14. The highest BCUT2D eigenvalue weighted by Crippen LogP contribution is 2.32. The summed E-state index contributed by atoms with van der Waals surface area (Å²) in [5.74, 6) is -0.0328. The highest BCUT2D eigenvalue weighted by Gasteiger charge is 2.27. The van der Waals surface area contributed by atoms with Gasteiger partial charge in [0.1, 0.15) is 0 Å². The van der Waals surface area contributed by atoms with Gasteiger partial charge in [0.15, 0.2) is 5.78 Å². The summed E-state index contributed by atoms with van der Waals surface area (Å²) in [6.07, 6.45) is 13.4. The Morgan fingerprint density at radius 1 is 1.23 bits per heavy atom. The molecule has 0 bridgehead atoms. The fourth-order valence-corrected chi connectivity index (χ4v) is 4.17. The van der Waals surface area contributed by atoms with Crippen molar-refractivity contribution in [3.05, 3.63) is 18.7 Å². The highest BCUT2D eigenvalue weighted by molar-refractivity contribution is 5.89. The van der Waals surface area contributed by atoms with E-state index in [-0.39, 0.29) is 24.2 Å². The number of rotatable bonds is 7. The number of imidazole rings is 1. The van der Waals surface area contributed by atoms with Crippen LogP contribution in [0.25, 0.3) is 0 Å².